The summed E-state index contributed by atoms with van der Waals surface area (Å²) in [7, 11) is 1.30. The van der Waals surface area contributed by atoms with Crippen LogP contribution in [0.5, 0.6) is 17.2 Å². The van der Waals surface area contributed by atoms with Crippen molar-refractivity contribution in [2.75, 3.05) is 7.11 Å². The van der Waals surface area contributed by atoms with Crippen LogP contribution in [0.1, 0.15) is 5.56 Å². The Morgan fingerprint density at radius 3 is 2.50 bits per heavy atom. The number of alkyl halides is 2. The van der Waals surface area contributed by atoms with Crippen molar-refractivity contribution >= 4 is 0 Å². The van der Waals surface area contributed by atoms with E-state index >= 15 is 0 Å². The summed E-state index contributed by atoms with van der Waals surface area (Å²) in [5, 5.41) is 18.6. The van der Waals surface area contributed by atoms with E-state index < -0.39 is 24.0 Å². The second kappa shape index (κ2) is 4.98. The van der Waals surface area contributed by atoms with E-state index in [1.165, 1.54) is 19.2 Å². The Balaban J connectivity index is 2.94. The van der Waals surface area contributed by atoms with Gasteiger partial charge in [0.15, 0.2) is 11.5 Å². The second-order valence-electron chi connectivity index (χ2n) is 3.37. The first kappa shape index (κ1) is 12.5. The van der Waals surface area contributed by atoms with Crippen molar-refractivity contribution in [3.63, 3.8) is 0 Å². The average molecular weight is 233 g/mol. The average Bonchev–Trinajstić information content (AvgIpc) is 2.22. The minimum atomic E-state index is -2.64. The molecule has 0 heterocycles. The van der Waals surface area contributed by atoms with E-state index in [2.05, 4.69) is 0 Å². The van der Waals surface area contributed by atoms with Crippen LogP contribution in [0.4, 0.5) is 8.78 Å². The molecule has 6 heteroatoms. The number of phenols is 2. The highest BCUT2D eigenvalue weighted by Gasteiger charge is 2.18. The van der Waals surface area contributed by atoms with Gasteiger partial charge in [0.25, 0.3) is 6.43 Å². The molecule has 0 aromatic heterocycles. The van der Waals surface area contributed by atoms with Crippen molar-refractivity contribution in [1.29, 1.82) is 0 Å². The molecule has 4 nitrogen and oxygen atoms in total. The van der Waals surface area contributed by atoms with E-state index in [-0.39, 0.29) is 12.2 Å². The summed E-state index contributed by atoms with van der Waals surface area (Å²) in [6.07, 6.45) is -2.75. The molecular formula is C10H13F2NO3. The van der Waals surface area contributed by atoms with Gasteiger partial charge in [-0.3, -0.25) is 0 Å². The molecule has 1 aromatic rings. The summed E-state index contributed by atoms with van der Waals surface area (Å²) in [6, 6.07) is 1.23. The largest absolute Gasteiger partial charge is 0.504 e. The smallest absolute Gasteiger partial charge is 0.253 e. The highest BCUT2D eigenvalue weighted by Crippen LogP contribution is 2.36. The molecule has 0 aliphatic heterocycles. The molecule has 0 bridgehead atoms. The number of benzene rings is 1. The summed E-state index contributed by atoms with van der Waals surface area (Å²) in [6.45, 7) is 0. The lowest BCUT2D eigenvalue weighted by atomic mass is 10.1. The van der Waals surface area contributed by atoms with Crippen molar-refractivity contribution in [2.24, 2.45) is 5.73 Å². The van der Waals surface area contributed by atoms with Crippen molar-refractivity contribution in [3.8, 4) is 17.2 Å². The number of ether oxygens (including phenoxy) is 1. The Labute approximate surface area is 91.3 Å². The molecule has 0 spiro atoms. The van der Waals surface area contributed by atoms with Crippen molar-refractivity contribution in [3.05, 3.63) is 17.7 Å². The Morgan fingerprint density at radius 1 is 1.38 bits per heavy atom. The van der Waals surface area contributed by atoms with Gasteiger partial charge < -0.3 is 20.7 Å². The Hall–Kier alpha value is -1.56. The molecule has 1 aromatic carbocycles. The van der Waals surface area contributed by atoms with Crippen LogP contribution in [-0.2, 0) is 6.42 Å². The fourth-order valence-electron chi connectivity index (χ4n) is 1.28. The zero-order chi connectivity index (χ0) is 12.3. The quantitative estimate of drug-likeness (QED) is 0.684. The van der Waals surface area contributed by atoms with E-state index in [0.717, 1.165) is 0 Å². The standard InChI is InChI=1S/C10H13F2NO3/c1-16-8-4-5(2-6(13)10(11)12)3-7(14)9(8)15/h3-4,6,10,14-15H,2,13H2,1H3. The van der Waals surface area contributed by atoms with Gasteiger partial charge in [-0.15, -0.1) is 0 Å². The molecule has 0 radical (unpaired) electrons. The predicted molar refractivity (Wildman–Crippen MR) is 54.0 cm³/mol. The Morgan fingerprint density at radius 2 is 2.00 bits per heavy atom. The highest BCUT2D eigenvalue weighted by atomic mass is 19.3. The fourth-order valence-corrected chi connectivity index (χ4v) is 1.28. The van der Waals surface area contributed by atoms with Crippen LogP contribution in [0.15, 0.2) is 12.1 Å². The van der Waals surface area contributed by atoms with Crippen molar-refractivity contribution < 1.29 is 23.7 Å². The first-order valence-corrected chi connectivity index (χ1v) is 4.58. The van der Waals surface area contributed by atoms with E-state index in [1.54, 1.807) is 0 Å². The lowest BCUT2D eigenvalue weighted by Crippen LogP contribution is -2.30. The molecule has 0 amide bonds. The van der Waals surface area contributed by atoms with Crippen LogP contribution in [0.2, 0.25) is 0 Å². The van der Waals surface area contributed by atoms with Gasteiger partial charge in [-0.1, -0.05) is 0 Å². The number of aromatic hydroxyl groups is 2. The van der Waals surface area contributed by atoms with Crippen LogP contribution in [0.3, 0.4) is 0 Å². The number of hydrogen-bond donors (Lipinski definition) is 3. The fraction of sp³-hybridized carbons (Fsp3) is 0.400. The Bertz CT molecular complexity index is 371. The van der Waals surface area contributed by atoms with Crippen LogP contribution < -0.4 is 10.5 Å². The third kappa shape index (κ3) is 2.73. The molecule has 0 aliphatic carbocycles. The summed E-state index contributed by atoms with van der Waals surface area (Å²) in [5.74, 6) is -0.816. The molecule has 90 valence electrons. The number of halogens is 2. The first-order valence-electron chi connectivity index (χ1n) is 4.58. The third-order valence-corrected chi connectivity index (χ3v) is 2.13. The van der Waals surface area contributed by atoms with Crippen molar-refractivity contribution in [2.45, 2.75) is 18.9 Å². The van der Waals surface area contributed by atoms with E-state index in [4.69, 9.17) is 10.5 Å². The topological polar surface area (TPSA) is 75.7 Å². The van der Waals surface area contributed by atoms with Gasteiger partial charge in [-0.05, 0) is 24.1 Å². The number of phenolic OH excluding ortho intramolecular Hbond substituents is 2. The molecular weight excluding hydrogens is 220 g/mol. The monoisotopic (exact) mass is 233 g/mol. The van der Waals surface area contributed by atoms with Crippen LogP contribution in [0, 0.1) is 0 Å². The molecule has 1 unspecified atom stereocenters. The maximum absolute atomic E-state index is 12.2. The molecule has 1 rings (SSSR count). The number of nitrogens with two attached hydrogens (primary N) is 1. The SMILES string of the molecule is COc1cc(CC(N)C(F)F)cc(O)c1O. The molecule has 0 aliphatic rings. The van der Waals surface area contributed by atoms with E-state index in [9.17, 15) is 19.0 Å². The predicted octanol–water partition coefficient (Wildman–Crippen LogP) is 1.24. The Kier molecular flexibility index (Phi) is 3.89. The molecule has 0 saturated heterocycles. The lowest BCUT2D eigenvalue weighted by Gasteiger charge is -2.12. The maximum atomic E-state index is 12.2. The van der Waals surface area contributed by atoms with Gasteiger partial charge in [0.2, 0.25) is 5.75 Å². The van der Waals surface area contributed by atoms with Gasteiger partial charge in [-0.2, -0.15) is 0 Å². The van der Waals surface area contributed by atoms with Gasteiger partial charge in [0.1, 0.15) is 0 Å². The third-order valence-electron chi connectivity index (χ3n) is 2.13. The summed E-state index contributed by atoms with van der Waals surface area (Å²) in [4.78, 5) is 0. The van der Waals surface area contributed by atoms with Gasteiger partial charge >= 0.3 is 0 Å². The van der Waals surface area contributed by atoms with Crippen LogP contribution in [0.25, 0.3) is 0 Å². The molecule has 1 atom stereocenters. The zero-order valence-corrected chi connectivity index (χ0v) is 8.65. The highest BCUT2D eigenvalue weighted by molar-refractivity contribution is 5.52. The minimum Gasteiger partial charge on any atom is -0.504 e. The molecule has 16 heavy (non-hydrogen) atoms. The minimum absolute atomic E-state index is 0.0245. The summed E-state index contributed by atoms with van der Waals surface area (Å²) in [5.41, 5.74) is 5.57. The number of hydrogen-bond acceptors (Lipinski definition) is 4. The molecule has 0 saturated carbocycles. The normalized spacial score (nSPS) is 12.8. The van der Waals surface area contributed by atoms with Crippen molar-refractivity contribution in [1.82, 2.24) is 0 Å². The number of methoxy groups -OCH3 is 1. The maximum Gasteiger partial charge on any atom is 0.253 e. The molecule has 0 fully saturated rings. The van der Waals surface area contributed by atoms with E-state index in [1.807, 2.05) is 0 Å². The first-order chi connectivity index (χ1) is 7.45. The van der Waals surface area contributed by atoms with Gasteiger partial charge in [0.05, 0.1) is 13.2 Å². The molecule has 4 N–H and O–H groups in total. The van der Waals surface area contributed by atoms with E-state index in [0.29, 0.717) is 5.56 Å². The van der Waals surface area contributed by atoms with Crippen LogP contribution in [-0.4, -0.2) is 29.8 Å². The lowest BCUT2D eigenvalue weighted by molar-refractivity contribution is 0.116. The number of rotatable bonds is 4. The summed E-state index contributed by atoms with van der Waals surface area (Å²) < 4.78 is 29.2. The van der Waals surface area contributed by atoms with Crippen LogP contribution >= 0.6 is 0 Å². The second-order valence-corrected chi connectivity index (χ2v) is 3.37. The zero-order valence-electron chi connectivity index (χ0n) is 8.65. The van der Waals surface area contributed by atoms with Gasteiger partial charge in [0, 0.05) is 0 Å². The summed E-state index contributed by atoms with van der Waals surface area (Å²) >= 11 is 0. The van der Waals surface area contributed by atoms with Gasteiger partial charge in [-0.25, -0.2) is 8.78 Å².